The van der Waals surface area contributed by atoms with Gasteiger partial charge in [-0.2, -0.15) is 18.2 Å². The molecule has 0 unspecified atom stereocenters. The Bertz CT molecular complexity index is 599. The Morgan fingerprint density at radius 2 is 2.09 bits per heavy atom. The minimum Gasteiger partial charge on any atom is -0.467 e. The van der Waals surface area contributed by atoms with Gasteiger partial charge in [0.2, 0.25) is 5.95 Å². The Labute approximate surface area is 126 Å². The zero-order valence-corrected chi connectivity index (χ0v) is 12.2. The van der Waals surface area contributed by atoms with Crippen LogP contribution in [0, 0.1) is 0 Å². The van der Waals surface area contributed by atoms with Crippen LogP contribution in [0.5, 0.6) is 0 Å². The fourth-order valence-electron chi connectivity index (χ4n) is 1.66. The van der Waals surface area contributed by atoms with Crippen molar-refractivity contribution < 1.29 is 17.6 Å². The van der Waals surface area contributed by atoms with E-state index >= 15 is 0 Å². The largest absolute Gasteiger partial charge is 0.467 e. The molecule has 0 aliphatic rings. The summed E-state index contributed by atoms with van der Waals surface area (Å²) in [5.41, 5.74) is -0.991. The van der Waals surface area contributed by atoms with E-state index in [1.54, 1.807) is 12.1 Å². The van der Waals surface area contributed by atoms with E-state index in [0.717, 1.165) is 12.5 Å². The first-order valence-electron chi connectivity index (χ1n) is 6.87. The maximum absolute atomic E-state index is 12.9. The smallest absolute Gasteiger partial charge is 0.433 e. The third kappa shape index (κ3) is 4.37. The van der Waals surface area contributed by atoms with Gasteiger partial charge in [0.1, 0.15) is 11.6 Å². The molecule has 1 atom stereocenters. The van der Waals surface area contributed by atoms with E-state index in [4.69, 9.17) is 4.42 Å². The molecule has 0 radical (unpaired) electrons. The van der Waals surface area contributed by atoms with Crippen LogP contribution in [0.4, 0.5) is 24.9 Å². The van der Waals surface area contributed by atoms with Crippen LogP contribution in [0.2, 0.25) is 0 Å². The Balaban J connectivity index is 2.21. The zero-order chi connectivity index (χ0) is 16.2. The van der Waals surface area contributed by atoms with E-state index < -0.39 is 11.9 Å². The standard InChI is InChI=1S/C14H17F3N4O/c1-3-9(2)19-13-20-11(14(15,16)17)7-12(21-13)18-8-10-5-4-6-22-10/h4-7,9H,3,8H2,1-2H3,(H2,18,19,20,21)/t9-/m1/s1. The molecule has 0 fully saturated rings. The third-order valence-electron chi connectivity index (χ3n) is 3.03. The first-order valence-corrected chi connectivity index (χ1v) is 6.87. The van der Waals surface area contributed by atoms with Crippen molar-refractivity contribution in [2.45, 2.75) is 39.0 Å². The van der Waals surface area contributed by atoms with Crippen molar-refractivity contribution in [3.8, 4) is 0 Å². The van der Waals surface area contributed by atoms with Crippen LogP contribution in [-0.2, 0) is 12.7 Å². The SMILES string of the molecule is CC[C@@H](C)Nc1nc(NCc2ccco2)cc(C(F)(F)F)n1. The molecule has 2 aromatic rings. The zero-order valence-electron chi connectivity index (χ0n) is 12.2. The van der Waals surface area contributed by atoms with Gasteiger partial charge in [-0.25, -0.2) is 4.98 Å². The van der Waals surface area contributed by atoms with Gasteiger partial charge < -0.3 is 15.1 Å². The highest BCUT2D eigenvalue weighted by Crippen LogP contribution is 2.30. The average Bonchev–Trinajstić information content (AvgIpc) is 2.97. The molecule has 0 spiro atoms. The lowest BCUT2D eigenvalue weighted by Gasteiger charge is -2.15. The highest BCUT2D eigenvalue weighted by molar-refractivity contribution is 5.43. The number of hydrogen-bond donors (Lipinski definition) is 2. The third-order valence-corrected chi connectivity index (χ3v) is 3.03. The number of rotatable bonds is 6. The van der Waals surface area contributed by atoms with Crippen molar-refractivity contribution >= 4 is 11.8 Å². The Morgan fingerprint density at radius 3 is 2.68 bits per heavy atom. The highest BCUT2D eigenvalue weighted by atomic mass is 19.4. The molecule has 2 rings (SSSR count). The molecule has 0 saturated carbocycles. The van der Waals surface area contributed by atoms with Gasteiger partial charge in [-0.3, -0.25) is 0 Å². The second-order valence-electron chi connectivity index (χ2n) is 4.85. The maximum atomic E-state index is 12.9. The van der Waals surface area contributed by atoms with Gasteiger partial charge in [-0.15, -0.1) is 0 Å². The summed E-state index contributed by atoms with van der Waals surface area (Å²) in [6, 6.07) is 4.28. The molecule has 2 N–H and O–H groups in total. The second-order valence-corrected chi connectivity index (χ2v) is 4.85. The van der Waals surface area contributed by atoms with E-state index in [9.17, 15) is 13.2 Å². The normalized spacial score (nSPS) is 13.0. The van der Waals surface area contributed by atoms with Gasteiger partial charge in [0.05, 0.1) is 12.8 Å². The molecule has 5 nitrogen and oxygen atoms in total. The average molecular weight is 314 g/mol. The van der Waals surface area contributed by atoms with Gasteiger partial charge in [0, 0.05) is 12.1 Å². The summed E-state index contributed by atoms with van der Waals surface area (Å²) in [4.78, 5) is 7.59. The summed E-state index contributed by atoms with van der Waals surface area (Å²) in [7, 11) is 0. The van der Waals surface area contributed by atoms with Crippen molar-refractivity contribution in [3.63, 3.8) is 0 Å². The molecule has 0 aliphatic carbocycles. The number of halogens is 3. The Kier molecular flexibility index (Phi) is 4.89. The number of alkyl halides is 3. The van der Waals surface area contributed by atoms with Crippen molar-refractivity contribution in [1.82, 2.24) is 9.97 Å². The quantitative estimate of drug-likeness (QED) is 0.846. The number of furan rings is 1. The molecule has 0 aliphatic heterocycles. The molecule has 2 heterocycles. The topological polar surface area (TPSA) is 63.0 Å². The van der Waals surface area contributed by atoms with E-state index in [2.05, 4.69) is 20.6 Å². The van der Waals surface area contributed by atoms with Gasteiger partial charge in [0.15, 0.2) is 5.69 Å². The Morgan fingerprint density at radius 1 is 1.32 bits per heavy atom. The molecule has 0 amide bonds. The molecule has 0 aromatic carbocycles. The Hall–Kier alpha value is -2.25. The lowest BCUT2D eigenvalue weighted by molar-refractivity contribution is -0.141. The van der Waals surface area contributed by atoms with Gasteiger partial charge in [0.25, 0.3) is 0 Å². The highest BCUT2D eigenvalue weighted by Gasteiger charge is 2.33. The van der Waals surface area contributed by atoms with Crippen LogP contribution in [0.3, 0.4) is 0 Å². The van der Waals surface area contributed by atoms with E-state index in [-0.39, 0.29) is 24.4 Å². The lowest BCUT2D eigenvalue weighted by atomic mass is 10.3. The molecular formula is C14H17F3N4O. The van der Waals surface area contributed by atoms with Crippen molar-refractivity contribution in [1.29, 1.82) is 0 Å². The summed E-state index contributed by atoms with van der Waals surface area (Å²) in [5.74, 6) is 0.638. The van der Waals surface area contributed by atoms with Crippen LogP contribution in [-0.4, -0.2) is 16.0 Å². The number of nitrogens with one attached hydrogen (secondary N) is 2. The predicted molar refractivity (Wildman–Crippen MR) is 76.4 cm³/mol. The maximum Gasteiger partial charge on any atom is 0.433 e. The van der Waals surface area contributed by atoms with Crippen molar-refractivity contribution in [2.24, 2.45) is 0 Å². The summed E-state index contributed by atoms with van der Waals surface area (Å²) < 4.78 is 43.9. The monoisotopic (exact) mass is 314 g/mol. The molecule has 2 aromatic heterocycles. The summed E-state index contributed by atoms with van der Waals surface area (Å²) in [5, 5.41) is 5.66. The molecule has 8 heteroatoms. The first-order chi connectivity index (χ1) is 10.4. The minimum absolute atomic E-state index is 0.0265. The van der Waals surface area contributed by atoms with Crippen LogP contribution >= 0.6 is 0 Å². The van der Waals surface area contributed by atoms with E-state index in [1.165, 1.54) is 6.26 Å². The second kappa shape index (κ2) is 6.67. The molecule has 0 saturated heterocycles. The van der Waals surface area contributed by atoms with Gasteiger partial charge >= 0.3 is 6.18 Å². The molecule has 0 bridgehead atoms. The number of aromatic nitrogens is 2. The van der Waals surface area contributed by atoms with Crippen LogP contribution in [0.25, 0.3) is 0 Å². The van der Waals surface area contributed by atoms with Crippen molar-refractivity contribution in [2.75, 3.05) is 10.6 Å². The molecule has 22 heavy (non-hydrogen) atoms. The summed E-state index contributed by atoms with van der Waals surface area (Å²) >= 11 is 0. The minimum atomic E-state index is -4.53. The van der Waals surface area contributed by atoms with E-state index in [1.807, 2.05) is 13.8 Å². The van der Waals surface area contributed by atoms with Crippen LogP contribution in [0.15, 0.2) is 28.9 Å². The predicted octanol–water partition coefficient (Wildman–Crippen LogP) is 3.91. The molecule has 120 valence electrons. The first kappa shape index (κ1) is 16.1. The van der Waals surface area contributed by atoms with Gasteiger partial charge in [-0.05, 0) is 25.5 Å². The number of anilines is 2. The summed E-state index contributed by atoms with van der Waals surface area (Å²) in [6.07, 6.45) is -2.29. The lowest BCUT2D eigenvalue weighted by Crippen LogP contribution is -2.19. The molecular weight excluding hydrogens is 297 g/mol. The van der Waals surface area contributed by atoms with Gasteiger partial charge in [-0.1, -0.05) is 6.92 Å². The van der Waals surface area contributed by atoms with Crippen molar-refractivity contribution in [3.05, 3.63) is 35.9 Å². The number of nitrogens with zero attached hydrogens (tertiary/aromatic N) is 2. The van der Waals surface area contributed by atoms with E-state index in [0.29, 0.717) is 5.76 Å². The number of hydrogen-bond acceptors (Lipinski definition) is 5. The fraction of sp³-hybridized carbons (Fsp3) is 0.429. The summed E-state index contributed by atoms with van der Waals surface area (Å²) in [6.45, 7) is 4.00. The van der Waals surface area contributed by atoms with Crippen LogP contribution in [0.1, 0.15) is 31.7 Å². The fourth-order valence-corrected chi connectivity index (χ4v) is 1.66. The van der Waals surface area contributed by atoms with Crippen LogP contribution < -0.4 is 10.6 Å².